The summed E-state index contributed by atoms with van der Waals surface area (Å²) in [4.78, 5) is 0. The summed E-state index contributed by atoms with van der Waals surface area (Å²) in [7, 11) is 0. The van der Waals surface area contributed by atoms with Crippen LogP contribution in [0.5, 0.6) is 0 Å². The van der Waals surface area contributed by atoms with Crippen LogP contribution < -0.4 is 5.43 Å². The number of alkyl halides is 3. The summed E-state index contributed by atoms with van der Waals surface area (Å²) in [6.07, 6.45) is -3.10. The van der Waals surface area contributed by atoms with Crippen molar-refractivity contribution >= 4 is 35.1 Å². The molecule has 0 spiro atoms. The summed E-state index contributed by atoms with van der Waals surface area (Å²) in [5.74, 6) is 0.376. The number of hydrogen-bond acceptors (Lipinski definition) is 2. The van der Waals surface area contributed by atoms with E-state index in [0.717, 1.165) is 33.9 Å². The van der Waals surface area contributed by atoms with Gasteiger partial charge in [0.25, 0.3) is 0 Å². The van der Waals surface area contributed by atoms with Gasteiger partial charge in [0.1, 0.15) is 0 Å². The van der Waals surface area contributed by atoms with Gasteiger partial charge in [-0.25, -0.2) is 0 Å². The first-order valence-electron chi connectivity index (χ1n) is 9.38. The largest absolute Gasteiger partial charge is 0.418 e. The first-order valence-corrected chi connectivity index (χ1v) is 10.1. The number of halogens is 5. The summed E-state index contributed by atoms with van der Waals surface area (Å²) in [6.45, 7) is 8.28. The van der Waals surface area contributed by atoms with E-state index in [0.29, 0.717) is 5.92 Å². The fourth-order valence-electron chi connectivity index (χ4n) is 3.42. The van der Waals surface area contributed by atoms with Gasteiger partial charge in [-0.3, -0.25) is 5.43 Å². The Kier molecular flexibility index (Phi) is 6.34. The van der Waals surface area contributed by atoms with Gasteiger partial charge in [-0.15, -0.1) is 0 Å². The van der Waals surface area contributed by atoms with Gasteiger partial charge in [-0.1, -0.05) is 55.2 Å². The molecule has 0 saturated carbocycles. The van der Waals surface area contributed by atoms with E-state index in [1.165, 1.54) is 17.8 Å². The molecule has 7 heteroatoms. The van der Waals surface area contributed by atoms with Crippen LogP contribution in [0.2, 0.25) is 10.0 Å². The molecule has 2 aliphatic rings. The molecule has 30 heavy (non-hydrogen) atoms. The summed E-state index contributed by atoms with van der Waals surface area (Å²) >= 11 is 11.7. The number of nitrogens with zero attached hydrogens (tertiary/aromatic N) is 1. The van der Waals surface area contributed by atoms with Crippen molar-refractivity contribution in [2.24, 2.45) is 5.10 Å². The Bertz CT molecular complexity index is 1090. The Morgan fingerprint density at radius 1 is 1.00 bits per heavy atom. The second-order valence-corrected chi connectivity index (χ2v) is 8.41. The molecule has 2 aliphatic carbocycles. The average molecular weight is 453 g/mol. The van der Waals surface area contributed by atoms with Crippen molar-refractivity contribution in [1.82, 2.24) is 0 Å². The maximum atomic E-state index is 13.4. The Morgan fingerprint density at radius 2 is 1.70 bits per heavy atom. The number of benzene rings is 1. The summed E-state index contributed by atoms with van der Waals surface area (Å²) in [5, 5.41) is 3.81. The van der Waals surface area contributed by atoms with Crippen LogP contribution in [0.4, 0.5) is 18.9 Å². The minimum Gasteiger partial charge on any atom is -0.276 e. The quantitative estimate of drug-likeness (QED) is 0.312. The van der Waals surface area contributed by atoms with Gasteiger partial charge in [0, 0.05) is 10.6 Å². The van der Waals surface area contributed by atoms with Crippen LogP contribution in [0, 0.1) is 13.8 Å². The van der Waals surface area contributed by atoms with Crippen LogP contribution in [0.1, 0.15) is 47.6 Å². The van der Waals surface area contributed by atoms with E-state index in [1.54, 1.807) is 0 Å². The van der Waals surface area contributed by atoms with E-state index >= 15 is 0 Å². The normalized spacial score (nSPS) is 12.3. The van der Waals surface area contributed by atoms with Crippen LogP contribution >= 0.6 is 23.2 Å². The highest BCUT2D eigenvalue weighted by Crippen LogP contribution is 2.41. The van der Waals surface area contributed by atoms with Crippen LogP contribution in [0.3, 0.4) is 0 Å². The molecular formula is C23H21Cl2F3N2. The molecule has 1 N–H and O–H groups in total. The zero-order valence-corrected chi connectivity index (χ0v) is 18.5. The summed E-state index contributed by atoms with van der Waals surface area (Å²) < 4.78 is 40.1. The van der Waals surface area contributed by atoms with Crippen molar-refractivity contribution in [3.8, 4) is 11.1 Å². The highest BCUT2D eigenvalue weighted by atomic mass is 35.5. The van der Waals surface area contributed by atoms with Gasteiger partial charge >= 0.3 is 6.18 Å². The zero-order valence-electron chi connectivity index (χ0n) is 17.0. The third-order valence-corrected chi connectivity index (χ3v) is 5.51. The van der Waals surface area contributed by atoms with Gasteiger partial charge in [0.05, 0.1) is 22.5 Å². The third kappa shape index (κ3) is 4.57. The first-order chi connectivity index (χ1) is 14.0. The van der Waals surface area contributed by atoms with E-state index in [-0.39, 0.29) is 15.7 Å². The number of anilines is 1. The first kappa shape index (κ1) is 22.4. The van der Waals surface area contributed by atoms with Crippen molar-refractivity contribution in [1.29, 1.82) is 0 Å². The third-order valence-electron chi connectivity index (χ3n) is 4.99. The Balaban J connectivity index is 2.00. The van der Waals surface area contributed by atoms with Crippen molar-refractivity contribution in [3.05, 3.63) is 74.3 Å². The monoisotopic (exact) mass is 452 g/mol. The molecule has 0 amide bonds. The molecular weight excluding hydrogens is 432 g/mol. The van der Waals surface area contributed by atoms with E-state index in [2.05, 4.69) is 42.6 Å². The molecule has 0 bridgehead atoms. The van der Waals surface area contributed by atoms with Crippen LogP contribution in [-0.2, 0) is 6.18 Å². The molecule has 158 valence electrons. The summed E-state index contributed by atoms with van der Waals surface area (Å²) in [5.41, 5.74) is 7.44. The molecule has 0 heterocycles. The van der Waals surface area contributed by atoms with Gasteiger partial charge < -0.3 is 0 Å². The zero-order chi connectivity index (χ0) is 22.2. The molecule has 3 rings (SSSR count). The van der Waals surface area contributed by atoms with E-state index < -0.39 is 11.7 Å². The number of nitrogens with one attached hydrogen (secondary N) is 1. The highest BCUT2D eigenvalue weighted by molar-refractivity contribution is 6.36. The van der Waals surface area contributed by atoms with Gasteiger partial charge in [0.15, 0.2) is 0 Å². The smallest absolute Gasteiger partial charge is 0.276 e. The number of aryl methyl sites for hydroxylation is 2. The molecule has 1 aromatic carbocycles. The lowest BCUT2D eigenvalue weighted by atomic mass is 10.0. The second kappa shape index (κ2) is 8.48. The number of rotatable bonds is 4. The molecule has 0 unspecified atom stereocenters. The van der Waals surface area contributed by atoms with Crippen LogP contribution in [-0.4, -0.2) is 6.21 Å². The minimum absolute atomic E-state index is 0.0939. The van der Waals surface area contributed by atoms with Crippen molar-refractivity contribution in [2.75, 3.05) is 5.43 Å². The Morgan fingerprint density at radius 3 is 2.33 bits per heavy atom. The lowest BCUT2D eigenvalue weighted by molar-refractivity contribution is -0.136. The lowest BCUT2D eigenvalue weighted by Crippen LogP contribution is -2.09. The standard InChI is InChI=1S/C23H21Cl2F3N2/c1-12(2)15-6-5-13(3)21-16(7-14(4)18(21)8-15)11-29-30-22-19(23(26,27)28)9-17(24)10-20(22)25/h5-12,30H,1-4H3. The molecule has 0 atom stereocenters. The average Bonchev–Trinajstić information content (AvgIpc) is 2.81. The Hall–Kier alpha value is -2.24. The fraction of sp³-hybridized carbons (Fsp3) is 0.261. The molecule has 0 saturated heterocycles. The molecule has 0 aromatic heterocycles. The molecule has 0 fully saturated rings. The number of fused-ring (bicyclic) bond motifs is 1. The van der Waals surface area contributed by atoms with Crippen LogP contribution in [0.15, 0.2) is 41.5 Å². The maximum Gasteiger partial charge on any atom is 0.418 e. The van der Waals surface area contributed by atoms with Crippen molar-refractivity contribution in [2.45, 2.75) is 39.8 Å². The predicted octanol–water partition coefficient (Wildman–Crippen LogP) is 8.30. The predicted molar refractivity (Wildman–Crippen MR) is 119 cm³/mol. The minimum atomic E-state index is -4.62. The summed E-state index contributed by atoms with van der Waals surface area (Å²) in [6, 6.07) is 10.4. The lowest BCUT2D eigenvalue weighted by Gasteiger charge is -2.14. The van der Waals surface area contributed by atoms with Gasteiger partial charge in [-0.05, 0) is 65.8 Å². The Labute approximate surface area is 184 Å². The molecule has 1 aromatic rings. The maximum absolute atomic E-state index is 13.4. The molecule has 0 aliphatic heterocycles. The van der Waals surface area contributed by atoms with Crippen LogP contribution in [0.25, 0.3) is 11.1 Å². The molecule has 2 nitrogen and oxygen atoms in total. The topological polar surface area (TPSA) is 24.4 Å². The van der Waals surface area contributed by atoms with Gasteiger partial charge in [0.2, 0.25) is 0 Å². The van der Waals surface area contributed by atoms with E-state index in [1.807, 2.05) is 19.9 Å². The highest BCUT2D eigenvalue weighted by Gasteiger charge is 2.35. The van der Waals surface area contributed by atoms with E-state index in [9.17, 15) is 13.2 Å². The molecule has 0 radical (unpaired) electrons. The number of hydrazone groups is 1. The van der Waals surface area contributed by atoms with Crippen molar-refractivity contribution < 1.29 is 13.2 Å². The SMILES string of the molecule is Cc1cc(C=NNc2c(Cl)cc(Cl)cc2C(F)(F)F)c2c(C)ccc(C(C)C)cc1-2. The second-order valence-electron chi connectivity index (χ2n) is 7.56. The van der Waals surface area contributed by atoms with E-state index in [4.69, 9.17) is 23.2 Å². The van der Waals surface area contributed by atoms with Crippen molar-refractivity contribution in [3.63, 3.8) is 0 Å². The fourth-order valence-corrected chi connectivity index (χ4v) is 3.96. The number of hydrogen-bond donors (Lipinski definition) is 1. The van der Waals surface area contributed by atoms with Gasteiger partial charge in [-0.2, -0.15) is 18.3 Å².